The Bertz CT molecular complexity index is 532. The number of hydrogen-bond acceptors (Lipinski definition) is 4. The summed E-state index contributed by atoms with van der Waals surface area (Å²) in [4.78, 5) is 14.7. The van der Waals surface area contributed by atoms with E-state index < -0.39 is 0 Å². The van der Waals surface area contributed by atoms with Gasteiger partial charge >= 0.3 is 0 Å². The van der Waals surface area contributed by atoms with E-state index in [9.17, 15) is 4.79 Å². The van der Waals surface area contributed by atoms with Gasteiger partial charge in [-0.3, -0.25) is 4.79 Å². The average Bonchev–Trinajstić information content (AvgIpc) is 3.37. The van der Waals surface area contributed by atoms with Crippen LogP contribution in [0, 0.1) is 11.8 Å². The third-order valence-corrected chi connectivity index (χ3v) is 7.12. The fourth-order valence-corrected chi connectivity index (χ4v) is 5.29. The van der Waals surface area contributed by atoms with Gasteiger partial charge in [0.1, 0.15) is 0 Å². The predicted molar refractivity (Wildman–Crippen MR) is 104 cm³/mol. The Labute approximate surface area is 163 Å². The van der Waals surface area contributed by atoms with E-state index in [1.54, 1.807) is 0 Å². The molecule has 0 radical (unpaired) electrons. The first kappa shape index (κ1) is 19.4. The molecule has 1 aliphatic carbocycles. The molecule has 5 nitrogen and oxygen atoms in total. The Morgan fingerprint density at radius 2 is 2.00 bits per heavy atom. The van der Waals surface area contributed by atoms with Crippen molar-refractivity contribution in [1.82, 2.24) is 4.90 Å². The van der Waals surface area contributed by atoms with E-state index in [4.69, 9.17) is 14.2 Å². The number of nitrogens with zero attached hydrogens (tertiary/aromatic N) is 1. The van der Waals surface area contributed by atoms with Gasteiger partial charge in [0, 0.05) is 51.7 Å². The van der Waals surface area contributed by atoms with Crippen molar-refractivity contribution < 1.29 is 19.0 Å². The lowest BCUT2D eigenvalue weighted by Crippen LogP contribution is -2.49. The lowest BCUT2D eigenvalue weighted by atomic mass is 9.78. The van der Waals surface area contributed by atoms with Gasteiger partial charge in [0.05, 0.1) is 5.60 Å². The zero-order valence-corrected chi connectivity index (χ0v) is 16.6. The summed E-state index contributed by atoms with van der Waals surface area (Å²) in [5.74, 6) is 1.53. The van der Waals surface area contributed by atoms with Crippen LogP contribution in [0.2, 0.25) is 0 Å². The zero-order valence-electron chi connectivity index (χ0n) is 16.6. The molecule has 0 aromatic rings. The Hall–Kier alpha value is -0.910. The minimum Gasteiger partial charge on any atom is -0.381 e. The summed E-state index contributed by atoms with van der Waals surface area (Å²) in [5, 5.41) is 0. The first-order valence-electron chi connectivity index (χ1n) is 11.0. The SMILES string of the molecule is O=C(C1=CCCC1)N1CCC2(CC1)OCCC2CCOCC1CCOCC1. The van der Waals surface area contributed by atoms with Crippen LogP contribution in [-0.4, -0.2) is 62.5 Å². The van der Waals surface area contributed by atoms with E-state index in [0.29, 0.717) is 11.8 Å². The molecule has 27 heavy (non-hydrogen) atoms. The summed E-state index contributed by atoms with van der Waals surface area (Å²) in [6.07, 6.45) is 11.8. The Morgan fingerprint density at radius 1 is 1.19 bits per heavy atom. The lowest BCUT2D eigenvalue weighted by Gasteiger charge is -2.42. The van der Waals surface area contributed by atoms with Crippen molar-refractivity contribution >= 4 is 5.91 Å². The second-order valence-electron chi connectivity index (χ2n) is 8.73. The highest BCUT2D eigenvalue weighted by molar-refractivity contribution is 5.93. The molecule has 0 N–H and O–H groups in total. The summed E-state index contributed by atoms with van der Waals surface area (Å²) in [6, 6.07) is 0. The number of hydrogen-bond donors (Lipinski definition) is 0. The first-order chi connectivity index (χ1) is 13.3. The van der Waals surface area contributed by atoms with Gasteiger partial charge in [0.15, 0.2) is 0 Å². The topological polar surface area (TPSA) is 48.0 Å². The Morgan fingerprint density at radius 3 is 2.74 bits per heavy atom. The maximum atomic E-state index is 12.6. The summed E-state index contributed by atoms with van der Waals surface area (Å²) in [6.45, 7) is 6.04. The number of allylic oxidation sites excluding steroid dienone is 1. The molecule has 0 aromatic carbocycles. The van der Waals surface area contributed by atoms with Crippen LogP contribution in [0.3, 0.4) is 0 Å². The van der Waals surface area contributed by atoms with Gasteiger partial charge in [-0.1, -0.05) is 6.08 Å². The third-order valence-electron chi connectivity index (χ3n) is 7.12. The van der Waals surface area contributed by atoms with E-state index in [1.165, 1.54) is 0 Å². The third kappa shape index (κ3) is 4.57. The zero-order chi connectivity index (χ0) is 18.5. The standard InChI is InChI=1S/C22H35NO4/c24-21(19-3-1-2-4-19)23-11-9-22(10-12-23)20(8-16-27-22)7-15-26-17-18-5-13-25-14-6-18/h3,18,20H,1-2,4-17H2. The van der Waals surface area contributed by atoms with Crippen molar-refractivity contribution in [3.05, 3.63) is 11.6 Å². The molecule has 152 valence electrons. The first-order valence-corrected chi connectivity index (χ1v) is 11.0. The van der Waals surface area contributed by atoms with E-state index in [0.717, 1.165) is 109 Å². The number of ether oxygens (including phenoxy) is 3. The molecular formula is C22H35NO4. The Kier molecular flexibility index (Phi) is 6.51. The fourth-order valence-electron chi connectivity index (χ4n) is 5.29. The summed E-state index contributed by atoms with van der Waals surface area (Å²) in [5.41, 5.74) is 1.03. The number of piperidine rings is 1. The summed E-state index contributed by atoms with van der Waals surface area (Å²) < 4.78 is 17.7. The molecule has 3 aliphatic heterocycles. The van der Waals surface area contributed by atoms with Crippen molar-refractivity contribution in [1.29, 1.82) is 0 Å². The van der Waals surface area contributed by atoms with Crippen molar-refractivity contribution in [3.63, 3.8) is 0 Å². The molecule has 1 atom stereocenters. The quantitative estimate of drug-likeness (QED) is 0.666. The van der Waals surface area contributed by atoms with Crippen molar-refractivity contribution in [2.75, 3.05) is 46.1 Å². The van der Waals surface area contributed by atoms with Crippen LogP contribution >= 0.6 is 0 Å². The van der Waals surface area contributed by atoms with Gasteiger partial charge in [-0.2, -0.15) is 0 Å². The van der Waals surface area contributed by atoms with Gasteiger partial charge in [-0.15, -0.1) is 0 Å². The number of rotatable bonds is 6. The van der Waals surface area contributed by atoms with Gasteiger partial charge in [0.2, 0.25) is 5.91 Å². The highest BCUT2D eigenvalue weighted by atomic mass is 16.5. The molecule has 3 heterocycles. The summed E-state index contributed by atoms with van der Waals surface area (Å²) >= 11 is 0. The van der Waals surface area contributed by atoms with Crippen LogP contribution in [0.15, 0.2) is 11.6 Å². The van der Waals surface area contributed by atoms with E-state index >= 15 is 0 Å². The molecular weight excluding hydrogens is 342 g/mol. The normalized spacial score (nSPS) is 28.7. The van der Waals surface area contributed by atoms with Crippen LogP contribution in [0.1, 0.15) is 57.8 Å². The van der Waals surface area contributed by atoms with E-state index in [1.807, 2.05) is 0 Å². The van der Waals surface area contributed by atoms with Crippen molar-refractivity contribution in [3.8, 4) is 0 Å². The van der Waals surface area contributed by atoms with E-state index in [2.05, 4.69) is 11.0 Å². The number of carbonyl (C=O) groups is 1. The van der Waals surface area contributed by atoms with Crippen LogP contribution in [0.4, 0.5) is 0 Å². The minimum atomic E-state index is -0.0110. The van der Waals surface area contributed by atoms with Crippen molar-refractivity contribution in [2.24, 2.45) is 11.8 Å². The lowest BCUT2D eigenvalue weighted by molar-refractivity contribution is -0.134. The van der Waals surface area contributed by atoms with Gasteiger partial charge in [0.25, 0.3) is 0 Å². The highest BCUT2D eigenvalue weighted by Gasteiger charge is 2.46. The van der Waals surface area contributed by atoms with Gasteiger partial charge < -0.3 is 19.1 Å². The molecule has 3 fully saturated rings. The molecule has 1 spiro atoms. The monoisotopic (exact) mass is 377 g/mol. The molecule has 3 saturated heterocycles. The molecule has 1 unspecified atom stereocenters. The minimum absolute atomic E-state index is 0.0110. The maximum Gasteiger partial charge on any atom is 0.249 e. The highest BCUT2D eigenvalue weighted by Crippen LogP contribution is 2.42. The van der Waals surface area contributed by atoms with Gasteiger partial charge in [-0.05, 0) is 69.6 Å². The predicted octanol–water partition coefficient (Wildman–Crippen LogP) is 3.33. The molecule has 1 amide bonds. The second-order valence-corrected chi connectivity index (χ2v) is 8.73. The number of carbonyl (C=O) groups excluding carboxylic acids is 1. The largest absolute Gasteiger partial charge is 0.381 e. The maximum absolute atomic E-state index is 12.6. The van der Waals surface area contributed by atoms with Gasteiger partial charge in [-0.25, -0.2) is 0 Å². The molecule has 4 rings (SSSR count). The van der Waals surface area contributed by atoms with Crippen LogP contribution in [-0.2, 0) is 19.0 Å². The Balaban J connectivity index is 1.21. The molecule has 0 aromatic heterocycles. The molecule has 0 bridgehead atoms. The molecule has 0 saturated carbocycles. The average molecular weight is 378 g/mol. The fraction of sp³-hybridized carbons (Fsp3) is 0.864. The molecule has 5 heteroatoms. The molecule has 4 aliphatic rings. The number of amides is 1. The second kappa shape index (κ2) is 9.06. The number of likely N-dealkylation sites (tertiary alicyclic amines) is 1. The van der Waals surface area contributed by atoms with E-state index in [-0.39, 0.29) is 11.5 Å². The van der Waals surface area contributed by atoms with Crippen molar-refractivity contribution in [2.45, 2.75) is 63.4 Å². The smallest absolute Gasteiger partial charge is 0.249 e. The van der Waals surface area contributed by atoms with Crippen LogP contribution in [0.25, 0.3) is 0 Å². The summed E-state index contributed by atoms with van der Waals surface area (Å²) in [7, 11) is 0. The van der Waals surface area contributed by atoms with Crippen LogP contribution in [0.5, 0.6) is 0 Å². The van der Waals surface area contributed by atoms with Crippen LogP contribution < -0.4 is 0 Å².